The topological polar surface area (TPSA) is 73.9 Å². The van der Waals surface area contributed by atoms with Crippen molar-refractivity contribution in [1.29, 1.82) is 0 Å². The number of carbonyl (C=O) groups excluding carboxylic acids is 1. The molecule has 1 atom stereocenters. The van der Waals surface area contributed by atoms with Crippen molar-refractivity contribution in [3.8, 4) is 0 Å². The molecule has 4 rings (SSSR count). The Kier molecular flexibility index (Phi) is 4.56. The Morgan fingerprint density at radius 3 is 3.12 bits per heavy atom. The van der Waals surface area contributed by atoms with E-state index in [4.69, 9.17) is 0 Å². The number of nitrogens with zero attached hydrogens (tertiary/aromatic N) is 3. The van der Waals surface area contributed by atoms with Crippen LogP contribution >= 0.6 is 0 Å². The maximum Gasteiger partial charge on any atom is 0.223 e. The first-order chi connectivity index (χ1) is 12.8. The molecule has 6 heteroatoms. The number of rotatable bonds is 5. The van der Waals surface area contributed by atoms with Gasteiger partial charge in [-0.1, -0.05) is 18.2 Å². The molecule has 0 radical (unpaired) electrons. The van der Waals surface area contributed by atoms with Crippen LogP contribution in [0, 0.1) is 0 Å². The van der Waals surface area contributed by atoms with Gasteiger partial charge in [0.05, 0.1) is 24.1 Å². The lowest BCUT2D eigenvalue weighted by Gasteiger charge is -2.24. The summed E-state index contributed by atoms with van der Waals surface area (Å²) in [5, 5.41) is 4.21. The van der Waals surface area contributed by atoms with E-state index in [1.807, 2.05) is 30.3 Å². The Morgan fingerprint density at radius 1 is 1.35 bits per heavy atom. The number of amides is 1. The minimum Gasteiger partial charge on any atom is -0.372 e. The predicted octanol–water partition coefficient (Wildman–Crippen LogP) is 3.30. The molecule has 3 aromatic rings. The molecule has 0 unspecified atom stereocenters. The first-order valence-electron chi connectivity index (χ1n) is 9.10. The Labute approximate surface area is 152 Å². The molecule has 2 N–H and O–H groups in total. The van der Waals surface area contributed by atoms with Crippen molar-refractivity contribution in [2.24, 2.45) is 0 Å². The number of aromatic amines is 1. The second-order valence-electron chi connectivity index (χ2n) is 6.68. The molecule has 1 aliphatic rings. The van der Waals surface area contributed by atoms with E-state index in [9.17, 15) is 4.79 Å². The van der Waals surface area contributed by atoms with E-state index in [1.54, 1.807) is 12.4 Å². The molecule has 0 spiro atoms. The molecule has 134 valence electrons. The predicted molar refractivity (Wildman–Crippen MR) is 102 cm³/mol. The number of para-hydroxylation sites is 1. The number of nitrogens with one attached hydrogen (secondary N) is 2. The Morgan fingerprint density at radius 2 is 2.23 bits per heavy atom. The number of benzene rings is 1. The maximum atomic E-state index is 12.9. The zero-order valence-electron chi connectivity index (χ0n) is 14.9. The number of carbonyl (C=O) groups is 1. The third-order valence-electron chi connectivity index (χ3n) is 5.11. The summed E-state index contributed by atoms with van der Waals surface area (Å²) in [6.07, 6.45) is 8.70. The summed E-state index contributed by atoms with van der Waals surface area (Å²) in [4.78, 5) is 26.9. The van der Waals surface area contributed by atoms with Gasteiger partial charge < -0.3 is 15.2 Å². The number of likely N-dealkylation sites (tertiary alicyclic amines) is 1. The summed E-state index contributed by atoms with van der Waals surface area (Å²) in [5.41, 5.74) is 3.18. The highest BCUT2D eigenvalue weighted by atomic mass is 16.2. The van der Waals surface area contributed by atoms with Crippen LogP contribution < -0.4 is 5.32 Å². The lowest BCUT2D eigenvalue weighted by atomic mass is 10.1. The van der Waals surface area contributed by atoms with Gasteiger partial charge in [-0.3, -0.25) is 9.78 Å². The monoisotopic (exact) mass is 349 g/mol. The average molecular weight is 349 g/mol. The van der Waals surface area contributed by atoms with Crippen molar-refractivity contribution in [3.05, 3.63) is 54.1 Å². The molecule has 1 aliphatic heterocycles. The van der Waals surface area contributed by atoms with E-state index in [1.165, 1.54) is 10.9 Å². The summed E-state index contributed by atoms with van der Waals surface area (Å²) in [6, 6.07) is 8.24. The highest BCUT2D eigenvalue weighted by molar-refractivity contribution is 5.84. The minimum atomic E-state index is 0.0336. The smallest absolute Gasteiger partial charge is 0.223 e. The van der Waals surface area contributed by atoms with Gasteiger partial charge in [-0.25, -0.2) is 4.98 Å². The van der Waals surface area contributed by atoms with Crippen molar-refractivity contribution in [2.45, 2.75) is 31.7 Å². The lowest BCUT2D eigenvalue weighted by Crippen LogP contribution is -2.31. The zero-order valence-corrected chi connectivity index (χ0v) is 14.9. The first-order valence-corrected chi connectivity index (χ1v) is 9.10. The van der Waals surface area contributed by atoms with Crippen molar-refractivity contribution in [3.63, 3.8) is 0 Å². The molecule has 2 aromatic heterocycles. The number of hydrogen-bond acceptors (Lipinski definition) is 4. The van der Waals surface area contributed by atoms with Crippen LogP contribution in [0.15, 0.2) is 42.9 Å². The van der Waals surface area contributed by atoms with Crippen LogP contribution in [0.2, 0.25) is 0 Å². The van der Waals surface area contributed by atoms with Gasteiger partial charge >= 0.3 is 0 Å². The molecular weight excluding hydrogens is 326 g/mol. The lowest BCUT2D eigenvalue weighted by molar-refractivity contribution is -0.132. The van der Waals surface area contributed by atoms with Crippen molar-refractivity contribution in [2.75, 3.05) is 18.9 Å². The molecule has 0 aliphatic carbocycles. The number of aryl methyl sites for hydroxylation is 1. The van der Waals surface area contributed by atoms with Crippen LogP contribution in [0.25, 0.3) is 10.9 Å². The number of H-pyrrole nitrogens is 1. The molecule has 0 bridgehead atoms. The third-order valence-corrected chi connectivity index (χ3v) is 5.11. The van der Waals surface area contributed by atoms with Gasteiger partial charge in [0.15, 0.2) is 0 Å². The fraction of sp³-hybridized carbons (Fsp3) is 0.350. The zero-order chi connectivity index (χ0) is 17.9. The molecule has 26 heavy (non-hydrogen) atoms. The van der Waals surface area contributed by atoms with Crippen LogP contribution in [0.1, 0.15) is 36.6 Å². The van der Waals surface area contributed by atoms with Crippen LogP contribution in [0.3, 0.4) is 0 Å². The second-order valence-corrected chi connectivity index (χ2v) is 6.68. The number of hydrogen-bond donors (Lipinski definition) is 2. The number of fused-ring (bicyclic) bond motifs is 1. The second kappa shape index (κ2) is 7.15. The van der Waals surface area contributed by atoms with E-state index in [0.29, 0.717) is 6.42 Å². The number of aromatic nitrogens is 3. The molecule has 1 aromatic carbocycles. The standard InChI is InChI=1S/C20H23N5O/c1-21-19-13-22-12-17(24-19)18-7-4-10-25(18)20(26)9-8-14-11-23-16-6-3-2-5-15(14)16/h2-3,5-6,11-13,18,23H,4,7-10H2,1H3,(H,21,24)/t18-/m1/s1. The fourth-order valence-electron chi connectivity index (χ4n) is 3.76. The van der Waals surface area contributed by atoms with Crippen molar-refractivity contribution < 1.29 is 4.79 Å². The maximum absolute atomic E-state index is 12.9. The molecule has 1 fully saturated rings. The summed E-state index contributed by atoms with van der Waals surface area (Å²) >= 11 is 0. The molecule has 3 heterocycles. The van der Waals surface area contributed by atoms with Crippen molar-refractivity contribution >= 4 is 22.6 Å². The van der Waals surface area contributed by atoms with Gasteiger partial charge in [0, 0.05) is 37.1 Å². The van der Waals surface area contributed by atoms with E-state index in [2.05, 4.69) is 32.4 Å². The van der Waals surface area contributed by atoms with E-state index in [0.717, 1.165) is 42.8 Å². The summed E-state index contributed by atoms with van der Waals surface area (Å²) in [6.45, 7) is 0.794. The quantitative estimate of drug-likeness (QED) is 0.741. The van der Waals surface area contributed by atoms with Gasteiger partial charge in [0.1, 0.15) is 5.82 Å². The first kappa shape index (κ1) is 16.6. The summed E-state index contributed by atoms with van der Waals surface area (Å²) < 4.78 is 0. The Hall–Kier alpha value is -2.89. The van der Waals surface area contributed by atoms with E-state index >= 15 is 0 Å². The SMILES string of the molecule is CNc1cncc([C@H]2CCCN2C(=O)CCc2c[nH]c3ccccc23)n1. The summed E-state index contributed by atoms with van der Waals surface area (Å²) in [7, 11) is 1.83. The highest BCUT2D eigenvalue weighted by Gasteiger charge is 2.31. The van der Waals surface area contributed by atoms with E-state index < -0.39 is 0 Å². The normalized spacial score (nSPS) is 17.0. The van der Waals surface area contributed by atoms with Crippen molar-refractivity contribution in [1.82, 2.24) is 19.9 Å². The Bertz CT molecular complexity index is 919. The van der Waals surface area contributed by atoms with Crippen LogP contribution in [-0.4, -0.2) is 39.4 Å². The fourth-order valence-corrected chi connectivity index (χ4v) is 3.76. The van der Waals surface area contributed by atoms with Gasteiger partial charge in [-0.15, -0.1) is 0 Å². The van der Waals surface area contributed by atoms with Gasteiger partial charge in [-0.2, -0.15) is 0 Å². The largest absolute Gasteiger partial charge is 0.372 e. The molecular formula is C20H23N5O. The molecule has 0 saturated carbocycles. The Balaban J connectivity index is 1.46. The van der Waals surface area contributed by atoms with Crippen LogP contribution in [0.4, 0.5) is 5.82 Å². The van der Waals surface area contributed by atoms with Gasteiger partial charge in [0.25, 0.3) is 0 Å². The highest BCUT2D eigenvalue weighted by Crippen LogP contribution is 2.32. The van der Waals surface area contributed by atoms with E-state index in [-0.39, 0.29) is 11.9 Å². The van der Waals surface area contributed by atoms with Gasteiger partial charge in [0.2, 0.25) is 5.91 Å². The minimum absolute atomic E-state index is 0.0336. The third kappa shape index (κ3) is 3.14. The molecule has 1 amide bonds. The summed E-state index contributed by atoms with van der Waals surface area (Å²) in [5.74, 6) is 0.926. The van der Waals surface area contributed by atoms with Crippen LogP contribution in [0.5, 0.6) is 0 Å². The average Bonchev–Trinajstić information content (AvgIpc) is 3.33. The molecule has 1 saturated heterocycles. The van der Waals surface area contributed by atoms with Crippen LogP contribution in [-0.2, 0) is 11.2 Å². The molecule has 6 nitrogen and oxygen atoms in total. The van der Waals surface area contributed by atoms with Gasteiger partial charge in [-0.05, 0) is 30.9 Å². The number of anilines is 1.